The molecule has 0 aliphatic carbocycles. The summed E-state index contributed by atoms with van der Waals surface area (Å²) >= 11 is 8.89. The van der Waals surface area contributed by atoms with Gasteiger partial charge in [-0.2, -0.15) is 0 Å². The van der Waals surface area contributed by atoms with E-state index in [1.807, 2.05) is 0 Å². The number of rotatable bonds is 3. The lowest BCUT2D eigenvalue weighted by molar-refractivity contribution is 0.112. The predicted molar refractivity (Wildman–Crippen MR) is 71.0 cm³/mol. The first kappa shape index (κ1) is 13.1. The first-order chi connectivity index (χ1) is 8.61. The van der Waals surface area contributed by atoms with Gasteiger partial charge in [0.05, 0.1) is 10.6 Å². The van der Waals surface area contributed by atoms with Crippen molar-refractivity contribution in [2.24, 2.45) is 0 Å². The zero-order valence-electron chi connectivity index (χ0n) is 8.99. The van der Waals surface area contributed by atoms with E-state index in [2.05, 4.69) is 15.9 Å². The molecule has 0 aliphatic heterocycles. The zero-order chi connectivity index (χ0) is 13.1. The zero-order valence-corrected chi connectivity index (χ0v) is 11.3. The first-order valence-electron chi connectivity index (χ1n) is 4.98. The molecule has 0 amide bonds. The van der Waals surface area contributed by atoms with E-state index in [9.17, 15) is 9.18 Å². The molecular weight excluding hydrogens is 322 g/mol. The number of aldehydes is 1. The minimum absolute atomic E-state index is 0.0204. The highest BCUT2D eigenvalue weighted by atomic mass is 79.9. The Hall–Kier alpha value is -1.39. The fraction of sp³-hybridized carbons (Fsp3) is 0. The molecule has 0 radical (unpaired) electrons. The Kier molecular flexibility index (Phi) is 3.99. The maximum Gasteiger partial charge on any atom is 0.184 e. The Balaban J connectivity index is 2.40. The van der Waals surface area contributed by atoms with Crippen LogP contribution in [0.3, 0.4) is 0 Å². The van der Waals surface area contributed by atoms with Crippen LogP contribution in [0.25, 0.3) is 0 Å². The molecule has 0 saturated carbocycles. The highest BCUT2D eigenvalue weighted by Crippen LogP contribution is 2.31. The molecule has 0 atom stereocenters. The van der Waals surface area contributed by atoms with Crippen LogP contribution in [0.4, 0.5) is 4.39 Å². The van der Waals surface area contributed by atoms with Crippen LogP contribution in [0, 0.1) is 5.82 Å². The second-order valence-corrected chi connectivity index (χ2v) is 4.78. The molecule has 18 heavy (non-hydrogen) atoms. The quantitative estimate of drug-likeness (QED) is 0.753. The molecule has 0 fully saturated rings. The van der Waals surface area contributed by atoms with Crippen LogP contribution < -0.4 is 4.74 Å². The van der Waals surface area contributed by atoms with Gasteiger partial charge in [0.1, 0.15) is 5.75 Å². The number of benzene rings is 2. The van der Waals surface area contributed by atoms with Gasteiger partial charge >= 0.3 is 0 Å². The van der Waals surface area contributed by atoms with E-state index in [1.54, 1.807) is 24.3 Å². The van der Waals surface area contributed by atoms with Gasteiger partial charge in [-0.05, 0) is 30.3 Å². The molecular formula is C13H7BrClFO2. The molecule has 0 aromatic heterocycles. The number of carbonyl (C=O) groups excluding carboxylic acids is 1. The molecule has 2 aromatic carbocycles. The highest BCUT2D eigenvalue weighted by molar-refractivity contribution is 9.10. The Labute approximate surface area is 116 Å². The minimum atomic E-state index is -0.654. The van der Waals surface area contributed by atoms with Crippen molar-refractivity contribution in [1.82, 2.24) is 0 Å². The average Bonchev–Trinajstić information content (AvgIpc) is 2.37. The first-order valence-corrected chi connectivity index (χ1v) is 6.15. The number of hydrogen-bond acceptors (Lipinski definition) is 2. The van der Waals surface area contributed by atoms with Crippen molar-refractivity contribution in [1.29, 1.82) is 0 Å². The molecule has 0 saturated heterocycles. The van der Waals surface area contributed by atoms with Crippen LogP contribution in [0.2, 0.25) is 5.02 Å². The summed E-state index contributed by atoms with van der Waals surface area (Å²) in [7, 11) is 0. The second kappa shape index (κ2) is 5.50. The predicted octanol–water partition coefficient (Wildman–Crippen LogP) is 4.85. The third-order valence-electron chi connectivity index (χ3n) is 2.23. The van der Waals surface area contributed by atoms with E-state index in [4.69, 9.17) is 16.3 Å². The van der Waals surface area contributed by atoms with Gasteiger partial charge < -0.3 is 4.74 Å². The third-order valence-corrected chi connectivity index (χ3v) is 3.02. The molecule has 2 rings (SSSR count). The Morgan fingerprint density at radius 2 is 2.00 bits per heavy atom. The summed E-state index contributed by atoms with van der Waals surface area (Å²) in [5.74, 6) is -0.402. The molecule has 0 heterocycles. The smallest absolute Gasteiger partial charge is 0.184 e. The fourth-order valence-corrected chi connectivity index (χ4v) is 1.93. The van der Waals surface area contributed by atoms with E-state index in [1.165, 1.54) is 12.1 Å². The number of carbonyl (C=O) groups is 1. The van der Waals surface area contributed by atoms with E-state index in [0.717, 1.165) is 4.47 Å². The van der Waals surface area contributed by atoms with Crippen molar-refractivity contribution >= 4 is 33.8 Å². The van der Waals surface area contributed by atoms with Crippen LogP contribution in [-0.4, -0.2) is 6.29 Å². The topological polar surface area (TPSA) is 26.3 Å². The van der Waals surface area contributed by atoms with Crippen LogP contribution in [0.5, 0.6) is 11.5 Å². The second-order valence-electron chi connectivity index (χ2n) is 3.45. The van der Waals surface area contributed by atoms with E-state index in [0.29, 0.717) is 11.8 Å². The molecule has 0 bridgehead atoms. The van der Waals surface area contributed by atoms with E-state index < -0.39 is 5.82 Å². The van der Waals surface area contributed by atoms with Crippen molar-refractivity contribution in [3.63, 3.8) is 0 Å². The van der Waals surface area contributed by atoms with Crippen LogP contribution in [-0.2, 0) is 0 Å². The van der Waals surface area contributed by atoms with Gasteiger partial charge in [0.2, 0.25) is 0 Å². The van der Waals surface area contributed by atoms with Crippen molar-refractivity contribution in [3.05, 3.63) is 57.3 Å². The summed E-state index contributed by atoms with van der Waals surface area (Å²) in [6, 6.07) is 9.30. The van der Waals surface area contributed by atoms with Gasteiger partial charge in [0, 0.05) is 4.47 Å². The van der Waals surface area contributed by atoms with Crippen LogP contribution in [0.1, 0.15) is 10.4 Å². The maximum absolute atomic E-state index is 13.6. The van der Waals surface area contributed by atoms with Gasteiger partial charge in [0.25, 0.3) is 0 Å². The number of hydrogen-bond donors (Lipinski definition) is 0. The standard InChI is InChI=1S/C13H7BrClFO2/c14-9-4-5-11(8(6-9)7-17)18-12-3-1-2-10(15)13(12)16/h1-7H. The average molecular weight is 330 g/mol. The maximum atomic E-state index is 13.6. The van der Waals surface area contributed by atoms with Crippen molar-refractivity contribution in [2.75, 3.05) is 0 Å². The molecule has 0 N–H and O–H groups in total. The van der Waals surface area contributed by atoms with Crippen molar-refractivity contribution < 1.29 is 13.9 Å². The van der Waals surface area contributed by atoms with Crippen molar-refractivity contribution in [3.8, 4) is 11.5 Å². The summed E-state index contributed by atoms with van der Waals surface area (Å²) in [6.07, 6.45) is 0.641. The van der Waals surface area contributed by atoms with Gasteiger partial charge in [-0.3, -0.25) is 4.79 Å². The monoisotopic (exact) mass is 328 g/mol. The molecule has 5 heteroatoms. The minimum Gasteiger partial charge on any atom is -0.453 e. The molecule has 2 nitrogen and oxygen atoms in total. The van der Waals surface area contributed by atoms with Gasteiger partial charge in [-0.15, -0.1) is 0 Å². The number of halogens is 3. The Morgan fingerprint density at radius 1 is 1.22 bits per heavy atom. The van der Waals surface area contributed by atoms with Gasteiger partial charge in [-0.25, -0.2) is 4.39 Å². The molecule has 92 valence electrons. The Bertz CT molecular complexity index is 602. The molecule has 0 unspecified atom stereocenters. The lowest BCUT2D eigenvalue weighted by Gasteiger charge is -2.09. The highest BCUT2D eigenvalue weighted by Gasteiger charge is 2.11. The SMILES string of the molecule is O=Cc1cc(Br)ccc1Oc1cccc(Cl)c1F. The van der Waals surface area contributed by atoms with Gasteiger partial charge in [-0.1, -0.05) is 33.6 Å². The number of ether oxygens (including phenoxy) is 1. The van der Waals surface area contributed by atoms with Crippen LogP contribution >= 0.6 is 27.5 Å². The lowest BCUT2D eigenvalue weighted by atomic mass is 10.2. The van der Waals surface area contributed by atoms with Crippen molar-refractivity contribution in [2.45, 2.75) is 0 Å². The molecule has 0 aliphatic rings. The summed E-state index contributed by atoms with van der Waals surface area (Å²) in [6.45, 7) is 0. The van der Waals surface area contributed by atoms with Gasteiger partial charge in [0.15, 0.2) is 17.9 Å². The summed E-state index contributed by atoms with van der Waals surface area (Å²) in [4.78, 5) is 10.9. The summed E-state index contributed by atoms with van der Waals surface area (Å²) in [5, 5.41) is -0.0303. The van der Waals surface area contributed by atoms with E-state index >= 15 is 0 Å². The summed E-state index contributed by atoms with van der Waals surface area (Å²) in [5.41, 5.74) is 0.323. The largest absolute Gasteiger partial charge is 0.453 e. The Morgan fingerprint density at radius 3 is 2.72 bits per heavy atom. The normalized spacial score (nSPS) is 10.2. The molecule has 2 aromatic rings. The molecule has 0 spiro atoms. The third kappa shape index (κ3) is 2.71. The van der Waals surface area contributed by atoms with Crippen LogP contribution in [0.15, 0.2) is 40.9 Å². The fourth-order valence-electron chi connectivity index (χ4n) is 1.39. The summed E-state index contributed by atoms with van der Waals surface area (Å²) < 4.78 is 19.7. The van der Waals surface area contributed by atoms with E-state index in [-0.39, 0.29) is 16.5 Å². The lowest BCUT2D eigenvalue weighted by Crippen LogP contribution is -1.93.